The molecule has 2 saturated heterocycles. The first-order valence-electron chi connectivity index (χ1n) is 11.6. The summed E-state index contributed by atoms with van der Waals surface area (Å²) in [6, 6.07) is 23.9. The lowest BCUT2D eigenvalue weighted by molar-refractivity contribution is -0.141. The fourth-order valence-electron chi connectivity index (χ4n) is 5.67. The van der Waals surface area contributed by atoms with Gasteiger partial charge >= 0.3 is 0 Å². The molecule has 2 fully saturated rings. The Morgan fingerprint density at radius 2 is 1.47 bits per heavy atom. The minimum atomic E-state index is -0.824. The molecule has 3 heterocycles. The number of carbonyl (C=O) groups excluding carboxylic acids is 3. The van der Waals surface area contributed by atoms with Gasteiger partial charge in [-0.25, -0.2) is 0 Å². The van der Waals surface area contributed by atoms with Crippen LogP contribution in [0, 0.1) is 11.8 Å². The molecule has 0 unspecified atom stereocenters. The zero-order valence-electron chi connectivity index (χ0n) is 18.7. The Bertz CT molecular complexity index is 1330. The van der Waals surface area contributed by atoms with Crippen LogP contribution in [-0.2, 0) is 9.59 Å². The summed E-state index contributed by atoms with van der Waals surface area (Å²) in [5, 5.41) is 6.30. The molecule has 0 bridgehead atoms. The SMILES string of the molecule is CCN1C(=O)[C@@H]2[C@H](C1=O)[C@H]1c3ccccc3C=NN1[C@@H]2C(=O)c1ccc(-c2ccccc2)cc1. The predicted molar refractivity (Wildman–Crippen MR) is 128 cm³/mol. The Balaban J connectivity index is 1.41. The van der Waals surface area contributed by atoms with Crippen LogP contribution in [0.1, 0.15) is 34.5 Å². The van der Waals surface area contributed by atoms with Gasteiger partial charge in [0, 0.05) is 12.1 Å². The Morgan fingerprint density at radius 3 is 2.21 bits per heavy atom. The third-order valence-electron chi connectivity index (χ3n) is 7.25. The van der Waals surface area contributed by atoms with Crippen LogP contribution in [0.5, 0.6) is 0 Å². The maximum Gasteiger partial charge on any atom is 0.235 e. The molecule has 168 valence electrons. The molecule has 6 rings (SSSR count). The van der Waals surface area contributed by atoms with Crippen LogP contribution in [0.15, 0.2) is 84.0 Å². The average Bonchev–Trinajstić information content (AvgIpc) is 3.36. The number of hydrazone groups is 1. The molecule has 0 aromatic heterocycles. The largest absolute Gasteiger partial charge is 0.292 e. The van der Waals surface area contributed by atoms with Gasteiger partial charge in [-0.2, -0.15) is 5.10 Å². The number of rotatable bonds is 4. The molecule has 6 heteroatoms. The van der Waals surface area contributed by atoms with E-state index in [1.165, 1.54) is 4.90 Å². The van der Waals surface area contributed by atoms with Crippen molar-refractivity contribution in [3.63, 3.8) is 0 Å². The maximum atomic E-state index is 13.9. The number of nitrogens with zero attached hydrogens (tertiary/aromatic N) is 3. The standard InChI is InChI=1S/C28H23N3O3/c1-2-30-27(33)22-23(28(30)34)25(31-24(22)21-11-7-6-10-20(21)16-29-31)26(32)19-14-12-18(13-15-19)17-8-4-3-5-9-17/h3-16,22-25H,2H2,1H3/t22-,23+,24+,25-/m0/s1. The third kappa shape index (κ3) is 2.88. The molecule has 3 aliphatic rings. The second-order valence-electron chi connectivity index (χ2n) is 8.92. The summed E-state index contributed by atoms with van der Waals surface area (Å²) in [4.78, 5) is 41.8. The zero-order valence-corrected chi connectivity index (χ0v) is 18.7. The zero-order chi connectivity index (χ0) is 23.4. The van der Waals surface area contributed by atoms with Gasteiger partial charge in [0.1, 0.15) is 6.04 Å². The molecule has 3 aromatic rings. The van der Waals surface area contributed by atoms with E-state index in [-0.39, 0.29) is 17.6 Å². The van der Waals surface area contributed by atoms with E-state index < -0.39 is 23.9 Å². The van der Waals surface area contributed by atoms with Gasteiger partial charge in [-0.3, -0.25) is 24.3 Å². The van der Waals surface area contributed by atoms with Gasteiger partial charge in [0.15, 0.2) is 5.78 Å². The Hall–Kier alpha value is -4.06. The molecule has 0 spiro atoms. The van der Waals surface area contributed by atoms with E-state index in [1.54, 1.807) is 30.3 Å². The van der Waals surface area contributed by atoms with Gasteiger partial charge in [-0.15, -0.1) is 0 Å². The molecule has 4 atom stereocenters. The van der Waals surface area contributed by atoms with Crippen molar-refractivity contribution in [1.82, 2.24) is 9.91 Å². The smallest absolute Gasteiger partial charge is 0.235 e. The highest BCUT2D eigenvalue weighted by Crippen LogP contribution is 2.52. The van der Waals surface area contributed by atoms with Crippen LogP contribution in [0.25, 0.3) is 11.1 Å². The van der Waals surface area contributed by atoms with Gasteiger partial charge in [0.05, 0.1) is 24.1 Å². The van der Waals surface area contributed by atoms with Crippen LogP contribution < -0.4 is 0 Å². The molecule has 3 aliphatic heterocycles. The molecule has 34 heavy (non-hydrogen) atoms. The average molecular weight is 450 g/mol. The van der Waals surface area contributed by atoms with Crippen molar-refractivity contribution in [2.45, 2.75) is 19.0 Å². The number of imide groups is 1. The van der Waals surface area contributed by atoms with Gasteiger partial charge < -0.3 is 0 Å². The first-order valence-corrected chi connectivity index (χ1v) is 11.6. The fourth-order valence-corrected chi connectivity index (χ4v) is 5.67. The summed E-state index contributed by atoms with van der Waals surface area (Å²) < 4.78 is 0. The Kier molecular flexibility index (Phi) is 4.69. The van der Waals surface area contributed by atoms with Crippen LogP contribution in [-0.4, -0.2) is 46.3 Å². The molecule has 6 nitrogen and oxygen atoms in total. The normalized spacial score (nSPS) is 24.7. The lowest BCUT2D eigenvalue weighted by Crippen LogP contribution is -2.44. The van der Waals surface area contributed by atoms with E-state index in [2.05, 4.69) is 5.10 Å². The Labute approximate surface area is 197 Å². The van der Waals surface area contributed by atoms with Gasteiger partial charge in [0.25, 0.3) is 0 Å². The van der Waals surface area contributed by atoms with Gasteiger partial charge in [0.2, 0.25) is 11.8 Å². The van der Waals surface area contributed by atoms with Crippen LogP contribution in [0.2, 0.25) is 0 Å². The summed E-state index contributed by atoms with van der Waals surface area (Å²) in [5.74, 6) is -2.05. The number of ketones is 1. The van der Waals surface area contributed by atoms with E-state index in [0.717, 1.165) is 22.3 Å². The van der Waals surface area contributed by atoms with Crippen molar-refractivity contribution in [2.24, 2.45) is 16.9 Å². The molecule has 0 aliphatic carbocycles. The van der Waals surface area contributed by atoms with Crippen molar-refractivity contribution < 1.29 is 14.4 Å². The second kappa shape index (κ2) is 7.76. The van der Waals surface area contributed by atoms with Gasteiger partial charge in [-0.05, 0) is 29.2 Å². The van der Waals surface area contributed by atoms with Crippen LogP contribution in [0.4, 0.5) is 0 Å². The van der Waals surface area contributed by atoms with E-state index in [1.807, 2.05) is 66.7 Å². The fraction of sp³-hybridized carbons (Fsp3) is 0.214. The molecule has 0 N–H and O–H groups in total. The molecular formula is C28H23N3O3. The second-order valence-corrected chi connectivity index (χ2v) is 8.92. The number of hydrogen-bond acceptors (Lipinski definition) is 5. The summed E-state index contributed by atoms with van der Waals surface area (Å²) in [5.41, 5.74) is 4.43. The lowest BCUT2D eigenvalue weighted by Gasteiger charge is -2.33. The molecule has 2 amide bonds. The van der Waals surface area contributed by atoms with E-state index >= 15 is 0 Å². The van der Waals surface area contributed by atoms with Crippen molar-refractivity contribution in [2.75, 3.05) is 6.54 Å². The van der Waals surface area contributed by atoms with Crippen molar-refractivity contribution in [1.29, 1.82) is 0 Å². The van der Waals surface area contributed by atoms with E-state index in [9.17, 15) is 14.4 Å². The number of carbonyl (C=O) groups is 3. The van der Waals surface area contributed by atoms with Crippen molar-refractivity contribution in [3.05, 3.63) is 95.6 Å². The maximum absolute atomic E-state index is 13.9. The number of fused-ring (bicyclic) bond motifs is 5. The number of likely N-dealkylation sites (tertiary alicyclic amines) is 1. The summed E-state index contributed by atoms with van der Waals surface area (Å²) in [6.45, 7) is 2.09. The third-order valence-corrected chi connectivity index (χ3v) is 7.25. The minimum Gasteiger partial charge on any atom is -0.292 e. The predicted octanol–water partition coefficient (Wildman–Crippen LogP) is 3.93. The highest BCUT2D eigenvalue weighted by Gasteiger charge is 2.64. The lowest BCUT2D eigenvalue weighted by atomic mass is 9.83. The van der Waals surface area contributed by atoms with Crippen molar-refractivity contribution >= 4 is 23.8 Å². The first kappa shape index (κ1) is 20.5. The van der Waals surface area contributed by atoms with E-state index in [4.69, 9.17) is 0 Å². The molecule has 3 aromatic carbocycles. The highest BCUT2D eigenvalue weighted by molar-refractivity contribution is 6.12. The summed E-state index contributed by atoms with van der Waals surface area (Å²) >= 11 is 0. The first-order chi connectivity index (χ1) is 16.6. The number of benzene rings is 3. The number of hydrogen-bond donors (Lipinski definition) is 0. The van der Waals surface area contributed by atoms with Crippen molar-refractivity contribution in [3.8, 4) is 11.1 Å². The number of Topliss-reactive ketones (excluding diaryl/α,β-unsaturated/α-hetero) is 1. The monoisotopic (exact) mass is 449 g/mol. The van der Waals surface area contributed by atoms with E-state index in [0.29, 0.717) is 12.1 Å². The van der Waals surface area contributed by atoms with Crippen LogP contribution in [0.3, 0.4) is 0 Å². The molecular weight excluding hydrogens is 426 g/mol. The quantitative estimate of drug-likeness (QED) is 0.447. The summed E-state index contributed by atoms with van der Waals surface area (Å²) in [7, 11) is 0. The number of amides is 2. The molecule has 0 radical (unpaired) electrons. The highest BCUT2D eigenvalue weighted by atomic mass is 16.2. The molecule has 0 saturated carbocycles. The van der Waals surface area contributed by atoms with Gasteiger partial charge in [-0.1, -0.05) is 78.9 Å². The topological polar surface area (TPSA) is 70.1 Å². The summed E-state index contributed by atoms with van der Waals surface area (Å²) in [6.07, 6.45) is 1.72. The Morgan fingerprint density at radius 1 is 0.824 bits per heavy atom. The minimum absolute atomic E-state index is 0.187. The van der Waals surface area contributed by atoms with Crippen LogP contribution >= 0.6 is 0 Å².